The molecule has 7 nitrogen and oxygen atoms in total. The zero-order valence-electron chi connectivity index (χ0n) is 22.8. The summed E-state index contributed by atoms with van der Waals surface area (Å²) >= 11 is 0. The first-order valence-corrected chi connectivity index (χ1v) is 13.5. The van der Waals surface area contributed by atoms with Crippen LogP contribution in [0.4, 0.5) is 0 Å². The van der Waals surface area contributed by atoms with Gasteiger partial charge in [-0.05, 0) is 78.3 Å². The summed E-state index contributed by atoms with van der Waals surface area (Å²) < 4.78 is 28.7. The molecule has 1 aliphatic heterocycles. The van der Waals surface area contributed by atoms with Gasteiger partial charge in [0.05, 0.1) is 32.8 Å². The van der Waals surface area contributed by atoms with Crippen LogP contribution in [0.5, 0.6) is 17.2 Å². The third kappa shape index (κ3) is 6.05. The number of hydrogen-bond acceptors (Lipinski definition) is 6. The van der Waals surface area contributed by atoms with Gasteiger partial charge in [-0.1, -0.05) is 24.3 Å². The van der Waals surface area contributed by atoms with Crippen LogP contribution in [-0.4, -0.2) is 51.2 Å². The van der Waals surface area contributed by atoms with Crippen molar-refractivity contribution in [2.75, 3.05) is 40.1 Å². The Kier molecular flexibility index (Phi) is 8.38. The molecule has 206 valence electrons. The molecule has 0 spiro atoms. The van der Waals surface area contributed by atoms with E-state index < -0.39 is 5.97 Å². The first-order valence-electron chi connectivity index (χ1n) is 13.5. The van der Waals surface area contributed by atoms with E-state index in [1.165, 1.54) is 33.4 Å². The number of rotatable bonds is 12. The van der Waals surface area contributed by atoms with Gasteiger partial charge in [-0.15, -0.1) is 0 Å². The highest BCUT2D eigenvalue weighted by molar-refractivity contribution is 5.76. The number of ether oxygens (including phenoxy) is 5. The van der Waals surface area contributed by atoms with Gasteiger partial charge in [0.25, 0.3) is 0 Å². The molecule has 3 aromatic carbocycles. The Morgan fingerprint density at radius 2 is 1.77 bits per heavy atom. The van der Waals surface area contributed by atoms with Crippen LogP contribution in [-0.2, 0) is 20.7 Å². The van der Waals surface area contributed by atoms with Crippen LogP contribution >= 0.6 is 0 Å². The fraction of sp³-hybridized carbons (Fsp3) is 0.406. The number of benzene rings is 3. The molecule has 2 aliphatic rings. The lowest BCUT2D eigenvalue weighted by atomic mass is 9.90. The SMILES string of the molecule is COCCOCCOc1cc(C)c(-c2cccc3c2CCC3Oc2ccc3c(c2)OCC3CC(=O)O)c(C)c1. The maximum atomic E-state index is 11.2. The van der Waals surface area contributed by atoms with Crippen molar-refractivity contribution in [3.05, 3.63) is 76.3 Å². The third-order valence-electron chi connectivity index (χ3n) is 7.48. The normalized spacial score (nSPS) is 17.4. The molecule has 7 heteroatoms. The second kappa shape index (κ2) is 12.1. The molecule has 0 saturated carbocycles. The van der Waals surface area contributed by atoms with Gasteiger partial charge >= 0.3 is 5.97 Å². The molecule has 0 saturated heterocycles. The van der Waals surface area contributed by atoms with Crippen LogP contribution in [0.3, 0.4) is 0 Å². The number of carboxylic acids is 1. The maximum absolute atomic E-state index is 11.2. The van der Waals surface area contributed by atoms with Crippen molar-refractivity contribution in [1.29, 1.82) is 0 Å². The van der Waals surface area contributed by atoms with Crippen molar-refractivity contribution in [1.82, 2.24) is 0 Å². The second-order valence-electron chi connectivity index (χ2n) is 10.2. The van der Waals surface area contributed by atoms with Gasteiger partial charge in [0, 0.05) is 24.7 Å². The smallest absolute Gasteiger partial charge is 0.304 e. The van der Waals surface area contributed by atoms with Gasteiger partial charge in [-0.2, -0.15) is 0 Å². The van der Waals surface area contributed by atoms with Gasteiger partial charge in [-0.3, -0.25) is 4.79 Å². The largest absolute Gasteiger partial charge is 0.492 e. The van der Waals surface area contributed by atoms with Gasteiger partial charge < -0.3 is 28.8 Å². The average Bonchev–Trinajstić information content (AvgIpc) is 3.50. The van der Waals surface area contributed by atoms with E-state index in [0.717, 1.165) is 35.7 Å². The zero-order chi connectivity index (χ0) is 27.4. The molecular formula is C32H36O7. The lowest BCUT2D eigenvalue weighted by Crippen LogP contribution is -2.10. The molecule has 0 fully saturated rings. The highest BCUT2D eigenvalue weighted by Gasteiger charge is 2.30. The summed E-state index contributed by atoms with van der Waals surface area (Å²) in [6.45, 7) is 6.83. The number of fused-ring (bicyclic) bond motifs is 2. The quantitative estimate of drug-likeness (QED) is 0.285. The van der Waals surface area contributed by atoms with Crippen LogP contribution in [0.15, 0.2) is 48.5 Å². The second-order valence-corrected chi connectivity index (χ2v) is 10.2. The third-order valence-corrected chi connectivity index (χ3v) is 7.48. The Balaban J connectivity index is 1.30. The summed E-state index contributed by atoms with van der Waals surface area (Å²) in [6, 6.07) is 16.4. The van der Waals surface area contributed by atoms with Crippen molar-refractivity contribution in [3.63, 3.8) is 0 Å². The molecule has 0 bridgehead atoms. The van der Waals surface area contributed by atoms with E-state index in [9.17, 15) is 4.79 Å². The standard InChI is InChI=1S/C32H36O7/c1-20-15-24(37-14-13-36-12-11-35-3)16-21(2)32(20)28-6-4-5-27-26(28)9-10-29(27)39-23-7-8-25-22(17-31(33)34)19-38-30(25)18-23/h4-8,15-16,18,22,29H,9-14,17,19H2,1-3H3,(H,33,34). The van der Waals surface area contributed by atoms with E-state index in [4.69, 9.17) is 28.8 Å². The Bertz CT molecular complexity index is 1310. The van der Waals surface area contributed by atoms with Gasteiger partial charge in [0.15, 0.2) is 0 Å². The molecule has 0 radical (unpaired) electrons. The Labute approximate surface area is 229 Å². The highest BCUT2D eigenvalue weighted by Crippen LogP contribution is 2.44. The summed E-state index contributed by atoms with van der Waals surface area (Å²) in [6.07, 6.45) is 1.86. The van der Waals surface area contributed by atoms with E-state index in [-0.39, 0.29) is 18.4 Å². The number of methoxy groups -OCH3 is 1. The number of carbonyl (C=O) groups is 1. The van der Waals surface area contributed by atoms with E-state index in [1.807, 2.05) is 18.2 Å². The van der Waals surface area contributed by atoms with Crippen LogP contribution in [0.25, 0.3) is 11.1 Å². The summed E-state index contributed by atoms with van der Waals surface area (Å²) in [7, 11) is 1.66. The topological polar surface area (TPSA) is 83.5 Å². The Hall–Kier alpha value is -3.55. The van der Waals surface area contributed by atoms with Crippen molar-refractivity contribution in [3.8, 4) is 28.4 Å². The lowest BCUT2D eigenvalue weighted by Gasteiger charge is -2.18. The number of carboxylic acid groups (broad SMARTS) is 1. The molecule has 5 rings (SSSR count). The first-order chi connectivity index (χ1) is 18.9. The first kappa shape index (κ1) is 27.0. The van der Waals surface area contributed by atoms with E-state index in [2.05, 4.69) is 44.2 Å². The predicted molar refractivity (Wildman–Crippen MR) is 148 cm³/mol. The molecule has 1 heterocycles. The van der Waals surface area contributed by atoms with E-state index in [1.54, 1.807) is 7.11 Å². The summed E-state index contributed by atoms with van der Waals surface area (Å²) in [5.74, 6) is 1.39. The monoisotopic (exact) mass is 532 g/mol. The fourth-order valence-electron chi connectivity index (χ4n) is 5.74. The summed E-state index contributed by atoms with van der Waals surface area (Å²) in [4.78, 5) is 11.2. The fourth-order valence-corrected chi connectivity index (χ4v) is 5.74. The average molecular weight is 533 g/mol. The van der Waals surface area contributed by atoms with Gasteiger partial charge in [-0.25, -0.2) is 0 Å². The molecule has 39 heavy (non-hydrogen) atoms. The lowest BCUT2D eigenvalue weighted by molar-refractivity contribution is -0.137. The minimum absolute atomic E-state index is 0.0458. The molecule has 0 aromatic heterocycles. The Morgan fingerprint density at radius 1 is 0.974 bits per heavy atom. The van der Waals surface area contributed by atoms with Crippen molar-refractivity contribution < 1.29 is 33.6 Å². The number of aliphatic carboxylic acids is 1. The highest BCUT2D eigenvalue weighted by atomic mass is 16.5. The minimum Gasteiger partial charge on any atom is -0.492 e. The van der Waals surface area contributed by atoms with Crippen molar-refractivity contribution in [2.24, 2.45) is 0 Å². The van der Waals surface area contributed by atoms with Crippen LogP contribution in [0, 0.1) is 13.8 Å². The molecule has 1 N–H and O–H groups in total. The molecule has 0 amide bonds. The molecule has 2 unspecified atom stereocenters. The van der Waals surface area contributed by atoms with E-state index >= 15 is 0 Å². The van der Waals surface area contributed by atoms with Crippen molar-refractivity contribution >= 4 is 5.97 Å². The minimum atomic E-state index is -0.814. The van der Waals surface area contributed by atoms with Crippen LogP contribution < -0.4 is 14.2 Å². The number of hydrogen-bond donors (Lipinski definition) is 1. The van der Waals surface area contributed by atoms with Crippen LogP contribution in [0.1, 0.15) is 52.7 Å². The van der Waals surface area contributed by atoms with Crippen LogP contribution in [0.2, 0.25) is 0 Å². The molecular weight excluding hydrogens is 496 g/mol. The maximum Gasteiger partial charge on any atom is 0.304 e. The number of aryl methyl sites for hydroxylation is 2. The summed E-state index contributed by atoms with van der Waals surface area (Å²) in [5, 5.41) is 9.16. The van der Waals surface area contributed by atoms with Crippen molar-refractivity contribution in [2.45, 2.75) is 45.1 Å². The van der Waals surface area contributed by atoms with Gasteiger partial charge in [0.1, 0.15) is 30.0 Å². The molecule has 2 atom stereocenters. The van der Waals surface area contributed by atoms with E-state index in [0.29, 0.717) is 33.0 Å². The Morgan fingerprint density at radius 3 is 2.54 bits per heavy atom. The zero-order valence-corrected chi connectivity index (χ0v) is 22.8. The van der Waals surface area contributed by atoms with Gasteiger partial charge in [0.2, 0.25) is 0 Å². The molecule has 1 aliphatic carbocycles. The molecule has 3 aromatic rings. The predicted octanol–water partition coefficient (Wildman–Crippen LogP) is 6.03. The summed E-state index contributed by atoms with van der Waals surface area (Å²) in [5.41, 5.74) is 8.32.